The van der Waals surface area contributed by atoms with Gasteiger partial charge in [0, 0.05) is 11.5 Å². The molecule has 0 aromatic heterocycles. The summed E-state index contributed by atoms with van der Waals surface area (Å²) in [4.78, 5) is 4.34. The van der Waals surface area contributed by atoms with Crippen molar-refractivity contribution in [2.45, 2.75) is 12.3 Å². The van der Waals surface area contributed by atoms with E-state index >= 15 is 0 Å². The van der Waals surface area contributed by atoms with Gasteiger partial charge >= 0.3 is 0 Å². The van der Waals surface area contributed by atoms with Crippen molar-refractivity contribution >= 4 is 42.6 Å². The van der Waals surface area contributed by atoms with Crippen LogP contribution in [0.15, 0.2) is 23.2 Å². The molecule has 0 spiro atoms. The number of benzene rings is 1. The highest BCUT2D eigenvalue weighted by Crippen LogP contribution is 2.31. The van der Waals surface area contributed by atoms with Gasteiger partial charge in [-0.3, -0.25) is 0 Å². The van der Waals surface area contributed by atoms with Gasteiger partial charge < -0.3 is 11.1 Å². The minimum Gasteiger partial charge on any atom is -0.386 e. The Hall–Kier alpha value is -0.920. The third-order valence-electron chi connectivity index (χ3n) is 2.34. The molecule has 1 aromatic rings. The molecule has 0 aliphatic carbocycles. The Bertz CT molecular complexity index is 443. The van der Waals surface area contributed by atoms with E-state index in [0.717, 1.165) is 11.9 Å². The van der Waals surface area contributed by atoms with E-state index in [0.29, 0.717) is 0 Å². The van der Waals surface area contributed by atoms with Crippen LogP contribution in [0.5, 0.6) is 0 Å². The van der Waals surface area contributed by atoms with Gasteiger partial charge in [0.2, 0.25) is 0 Å². The number of hydrogen-bond donors (Lipinski definition) is 2. The summed E-state index contributed by atoms with van der Waals surface area (Å²) in [7, 11) is -0.254. The van der Waals surface area contributed by atoms with Crippen LogP contribution in [0.2, 0.25) is 0 Å². The fourth-order valence-corrected chi connectivity index (χ4v) is 3.01. The summed E-state index contributed by atoms with van der Waals surface area (Å²) in [5.41, 5.74) is 7.84. The smallest absolute Gasteiger partial charge is 0.125 e. The zero-order valence-corrected chi connectivity index (χ0v) is 11.9. The third-order valence-corrected chi connectivity index (χ3v) is 4.17. The molecule has 5 heteroatoms. The second kappa shape index (κ2) is 6.13. The minimum absolute atomic E-state index is 0.254. The predicted octanol–water partition coefficient (Wildman–Crippen LogP) is 2.61. The number of aliphatic imine (C=N–C) groups is 1. The number of aryl methyl sites for hydroxylation is 1. The van der Waals surface area contributed by atoms with Crippen LogP contribution in [0.4, 0.5) is 5.69 Å². The van der Waals surface area contributed by atoms with Crippen LogP contribution in [0.3, 0.4) is 0 Å². The highest BCUT2D eigenvalue weighted by atomic mass is 35.5. The number of halogens is 1. The number of alkyl halides is 1. The lowest BCUT2D eigenvalue weighted by molar-refractivity contribution is 1.38. The summed E-state index contributed by atoms with van der Waals surface area (Å²) in [6, 6.07) is 5.96. The molecule has 1 unspecified atom stereocenters. The Kier molecular flexibility index (Phi) is 5.10. The molecule has 0 saturated heterocycles. The number of nitrogens with one attached hydrogen (secondary N) is 1. The molecule has 1 aromatic carbocycles. The lowest BCUT2D eigenvalue weighted by atomic mass is 10.2. The third kappa shape index (κ3) is 3.52. The standard InChI is InChI=1S/C12H17ClN3P/c1-8-5-4-6-10(11(8)17(2)3)16-12(15)9(13)7-14/h4-7,9,14H,1-3H3,(H2,15,16). The van der Waals surface area contributed by atoms with Gasteiger partial charge in [0.25, 0.3) is 0 Å². The first-order chi connectivity index (χ1) is 7.97. The Labute approximate surface area is 108 Å². The number of nitrogens with two attached hydrogens (primary N) is 1. The van der Waals surface area contributed by atoms with Crippen molar-refractivity contribution in [1.82, 2.24) is 0 Å². The first kappa shape index (κ1) is 14.1. The number of hydrogen-bond acceptors (Lipinski definition) is 2. The number of nitrogens with zero attached hydrogens (tertiary/aromatic N) is 1. The fourth-order valence-electron chi connectivity index (χ4n) is 1.60. The van der Waals surface area contributed by atoms with E-state index in [2.05, 4.69) is 31.3 Å². The Balaban J connectivity index is 3.23. The van der Waals surface area contributed by atoms with E-state index in [4.69, 9.17) is 22.7 Å². The van der Waals surface area contributed by atoms with E-state index < -0.39 is 5.38 Å². The topological polar surface area (TPSA) is 62.2 Å². The quantitative estimate of drug-likeness (QED) is 0.375. The molecule has 3 nitrogen and oxygen atoms in total. The first-order valence-electron chi connectivity index (χ1n) is 5.23. The van der Waals surface area contributed by atoms with Gasteiger partial charge in [-0.2, -0.15) is 0 Å². The summed E-state index contributed by atoms with van der Waals surface area (Å²) >= 11 is 5.84. The molecule has 0 radical (unpaired) electrons. The summed E-state index contributed by atoms with van der Waals surface area (Å²) in [6.07, 6.45) is 1.08. The highest BCUT2D eigenvalue weighted by Gasteiger charge is 2.11. The minimum atomic E-state index is -0.636. The second-order valence-corrected chi connectivity index (χ2v) is 6.65. The van der Waals surface area contributed by atoms with E-state index in [1.54, 1.807) is 0 Å². The molecule has 0 amide bonds. The fraction of sp³-hybridized carbons (Fsp3) is 0.333. The summed E-state index contributed by atoms with van der Waals surface area (Å²) in [6.45, 7) is 6.44. The van der Waals surface area contributed by atoms with Gasteiger partial charge in [-0.25, -0.2) is 4.99 Å². The molecule has 3 N–H and O–H groups in total. The van der Waals surface area contributed by atoms with Crippen LogP contribution in [-0.4, -0.2) is 30.8 Å². The van der Waals surface area contributed by atoms with Crippen molar-refractivity contribution in [2.24, 2.45) is 10.7 Å². The largest absolute Gasteiger partial charge is 0.386 e. The van der Waals surface area contributed by atoms with Crippen molar-refractivity contribution in [3.8, 4) is 0 Å². The zero-order chi connectivity index (χ0) is 13.0. The van der Waals surface area contributed by atoms with E-state index in [1.165, 1.54) is 10.9 Å². The van der Waals surface area contributed by atoms with Crippen molar-refractivity contribution in [1.29, 1.82) is 5.41 Å². The van der Waals surface area contributed by atoms with E-state index in [9.17, 15) is 0 Å². The molecular formula is C12H17ClN3P. The lowest BCUT2D eigenvalue weighted by Gasteiger charge is -2.14. The molecule has 1 rings (SSSR count). The lowest BCUT2D eigenvalue weighted by Crippen LogP contribution is -2.25. The average Bonchev–Trinajstić information content (AvgIpc) is 2.27. The van der Waals surface area contributed by atoms with Gasteiger partial charge in [0.15, 0.2) is 0 Å². The summed E-state index contributed by atoms with van der Waals surface area (Å²) in [5.74, 6) is 0.269. The van der Waals surface area contributed by atoms with Gasteiger partial charge in [0.1, 0.15) is 11.2 Å². The highest BCUT2D eigenvalue weighted by molar-refractivity contribution is 7.64. The first-order valence-corrected chi connectivity index (χ1v) is 7.90. The predicted molar refractivity (Wildman–Crippen MR) is 79.3 cm³/mol. The maximum absolute atomic E-state index is 7.07. The number of rotatable bonds is 4. The Morgan fingerprint density at radius 1 is 1.53 bits per heavy atom. The van der Waals surface area contributed by atoms with Crippen molar-refractivity contribution in [2.75, 3.05) is 13.3 Å². The van der Waals surface area contributed by atoms with Crippen LogP contribution in [0, 0.1) is 12.3 Å². The maximum Gasteiger partial charge on any atom is 0.125 e. The van der Waals surface area contributed by atoms with Crippen LogP contribution in [0.1, 0.15) is 5.56 Å². The van der Waals surface area contributed by atoms with Crippen molar-refractivity contribution in [3.05, 3.63) is 23.8 Å². The number of amidine groups is 1. The van der Waals surface area contributed by atoms with Crippen molar-refractivity contribution < 1.29 is 0 Å². The SMILES string of the molecule is Cc1cccc(N=C(N)C(Cl)C=N)c1P(C)C. The normalized spacial score (nSPS) is 13.8. The molecule has 1 atom stereocenters. The monoisotopic (exact) mass is 269 g/mol. The molecular weight excluding hydrogens is 253 g/mol. The molecule has 92 valence electrons. The Morgan fingerprint density at radius 2 is 2.18 bits per heavy atom. The van der Waals surface area contributed by atoms with Crippen LogP contribution in [-0.2, 0) is 0 Å². The van der Waals surface area contributed by atoms with Crippen molar-refractivity contribution in [3.63, 3.8) is 0 Å². The molecule has 0 heterocycles. The second-order valence-electron chi connectivity index (χ2n) is 3.94. The van der Waals surface area contributed by atoms with Gasteiger partial charge in [-0.1, -0.05) is 20.1 Å². The molecule has 0 fully saturated rings. The molecule has 0 aliphatic heterocycles. The van der Waals surface area contributed by atoms with Gasteiger partial charge in [-0.15, -0.1) is 11.6 Å². The molecule has 17 heavy (non-hydrogen) atoms. The van der Waals surface area contributed by atoms with E-state index in [-0.39, 0.29) is 13.8 Å². The van der Waals surface area contributed by atoms with Gasteiger partial charge in [0.05, 0.1) is 5.69 Å². The van der Waals surface area contributed by atoms with Crippen LogP contribution in [0.25, 0.3) is 0 Å². The van der Waals surface area contributed by atoms with Crippen LogP contribution >= 0.6 is 19.5 Å². The maximum atomic E-state index is 7.07. The van der Waals surface area contributed by atoms with E-state index in [1.807, 2.05) is 12.1 Å². The summed E-state index contributed by atoms with van der Waals surface area (Å²) in [5, 5.41) is 7.67. The Morgan fingerprint density at radius 3 is 2.71 bits per heavy atom. The molecule has 0 aliphatic rings. The molecule has 0 bridgehead atoms. The summed E-state index contributed by atoms with van der Waals surface area (Å²) < 4.78 is 0. The van der Waals surface area contributed by atoms with Crippen LogP contribution < -0.4 is 11.0 Å². The zero-order valence-electron chi connectivity index (χ0n) is 10.2. The average molecular weight is 270 g/mol. The molecule has 0 saturated carbocycles. The van der Waals surface area contributed by atoms with Gasteiger partial charge in [-0.05, 0) is 31.9 Å².